The van der Waals surface area contributed by atoms with Crippen LogP contribution in [0.15, 0.2) is 24.7 Å². The Kier molecular flexibility index (Phi) is 2.19. The molecule has 0 saturated heterocycles. The minimum absolute atomic E-state index is 0.430. The van der Waals surface area contributed by atoms with Gasteiger partial charge in [0.25, 0.3) is 5.95 Å². The molecule has 0 spiro atoms. The lowest BCUT2D eigenvalue weighted by molar-refractivity contribution is 0.0473. The second kappa shape index (κ2) is 3.17. The van der Waals surface area contributed by atoms with Crippen LogP contribution >= 0.6 is 0 Å². The van der Waals surface area contributed by atoms with Crippen molar-refractivity contribution in [3.8, 4) is 0 Å². The van der Waals surface area contributed by atoms with Crippen molar-refractivity contribution in [3.63, 3.8) is 0 Å². The molecule has 50 valence electrons. The van der Waals surface area contributed by atoms with Crippen molar-refractivity contribution < 1.29 is 9.47 Å². The molecule has 0 unspecified atom stereocenters. The molecule has 2 nitrogen and oxygen atoms in total. The molecule has 1 heterocycles. The predicted molar refractivity (Wildman–Crippen MR) is 34.8 cm³/mol. The second-order valence-electron chi connectivity index (χ2n) is 1.79. The minimum atomic E-state index is 0.430. The van der Waals surface area contributed by atoms with E-state index in [-0.39, 0.29) is 0 Å². The number of hydrogen-bond donors (Lipinski definition) is 0. The fourth-order valence-corrected chi connectivity index (χ4v) is 0.609. The first-order chi connectivity index (χ1) is 4.39. The summed E-state index contributed by atoms with van der Waals surface area (Å²) < 4.78 is 9.99. The number of ether oxygens (including phenoxy) is 2. The van der Waals surface area contributed by atoms with Crippen molar-refractivity contribution in [1.82, 2.24) is 0 Å². The summed E-state index contributed by atoms with van der Waals surface area (Å²) in [6, 6.07) is 0. The van der Waals surface area contributed by atoms with Crippen LogP contribution in [0.3, 0.4) is 0 Å². The van der Waals surface area contributed by atoms with Crippen LogP contribution in [0, 0.1) is 0 Å². The lowest BCUT2D eigenvalue weighted by Gasteiger charge is -2.09. The first kappa shape index (κ1) is 6.20. The summed E-state index contributed by atoms with van der Waals surface area (Å²) in [5, 5.41) is 0. The molecule has 0 aromatic rings. The van der Waals surface area contributed by atoms with Gasteiger partial charge in [-0.15, -0.1) is 0 Å². The molecule has 0 aromatic carbocycles. The van der Waals surface area contributed by atoms with Crippen LogP contribution in [-0.4, -0.2) is 13.2 Å². The van der Waals surface area contributed by atoms with Gasteiger partial charge in [0, 0.05) is 0 Å². The summed E-state index contributed by atoms with van der Waals surface area (Å²) in [5.74, 6) is 0.430. The molecule has 1 aliphatic heterocycles. The van der Waals surface area contributed by atoms with Crippen LogP contribution in [0.2, 0.25) is 0 Å². The molecule has 0 N–H and O–H groups in total. The summed E-state index contributed by atoms with van der Waals surface area (Å²) in [5.41, 5.74) is 0. The maximum absolute atomic E-state index is 5.01. The Labute approximate surface area is 54.8 Å². The van der Waals surface area contributed by atoms with Crippen molar-refractivity contribution in [2.24, 2.45) is 0 Å². The topological polar surface area (TPSA) is 18.5 Å². The Balaban J connectivity index is 2.35. The monoisotopic (exact) mass is 126 g/mol. The fourth-order valence-electron chi connectivity index (χ4n) is 0.609. The van der Waals surface area contributed by atoms with Crippen LogP contribution in [-0.2, 0) is 9.47 Å². The van der Waals surface area contributed by atoms with E-state index in [4.69, 9.17) is 9.47 Å². The molecule has 1 rings (SSSR count). The zero-order chi connectivity index (χ0) is 6.53. The number of hydrogen-bond acceptors (Lipinski definition) is 2. The standard InChI is InChI=1S/C7H10O2/c1-7-8-5-3-2-4-6-9-7/h2-3H,1,4-6H2/b3-2-. The van der Waals surface area contributed by atoms with Crippen molar-refractivity contribution in [2.45, 2.75) is 6.42 Å². The van der Waals surface area contributed by atoms with Crippen molar-refractivity contribution in [3.05, 3.63) is 24.7 Å². The maximum Gasteiger partial charge on any atom is 0.271 e. The SMILES string of the molecule is C=C1OC/C=C\CCO1. The van der Waals surface area contributed by atoms with Gasteiger partial charge < -0.3 is 9.47 Å². The highest BCUT2D eigenvalue weighted by Crippen LogP contribution is 2.01. The van der Waals surface area contributed by atoms with Crippen LogP contribution in [0.4, 0.5) is 0 Å². The van der Waals surface area contributed by atoms with Gasteiger partial charge in [0.05, 0.1) is 6.61 Å². The van der Waals surface area contributed by atoms with E-state index in [2.05, 4.69) is 6.58 Å². The van der Waals surface area contributed by atoms with Crippen LogP contribution < -0.4 is 0 Å². The van der Waals surface area contributed by atoms with Gasteiger partial charge in [-0.05, 0) is 13.0 Å². The Morgan fingerprint density at radius 2 is 2.22 bits per heavy atom. The molecule has 0 aromatic heterocycles. The summed E-state index contributed by atoms with van der Waals surface area (Å²) in [4.78, 5) is 0. The van der Waals surface area contributed by atoms with Crippen molar-refractivity contribution in [2.75, 3.05) is 13.2 Å². The molecule has 0 saturated carbocycles. The molecule has 1 aliphatic rings. The normalized spacial score (nSPS) is 22.9. The largest absolute Gasteiger partial charge is 0.466 e. The highest BCUT2D eigenvalue weighted by Gasteiger charge is 1.94. The molecule has 0 fully saturated rings. The first-order valence-corrected chi connectivity index (χ1v) is 2.99. The quantitative estimate of drug-likeness (QED) is 0.457. The van der Waals surface area contributed by atoms with E-state index in [0.717, 1.165) is 6.42 Å². The summed E-state index contributed by atoms with van der Waals surface area (Å²) in [7, 11) is 0. The van der Waals surface area contributed by atoms with Gasteiger partial charge in [0.15, 0.2) is 0 Å². The Hall–Kier alpha value is -0.920. The molecule has 0 radical (unpaired) electrons. The third-order valence-corrected chi connectivity index (χ3v) is 1.05. The minimum Gasteiger partial charge on any atom is -0.466 e. The van der Waals surface area contributed by atoms with Gasteiger partial charge >= 0.3 is 0 Å². The summed E-state index contributed by atoms with van der Waals surface area (Å²) >= 11 is 0. The van der Waals surface area contributed by atoms with E-state index in [1.807, 2.05) is 12.2 Å². The highest BCUT2D eigenvalue weighted by atomic mass is 16.7. The second-order valence-corrected chi connectivity index (χ2v) is 1.79. The van der Waals surface area contributed by atoms with E-state index in [1.54, 1.807) is 0 Å². The average molecular weight is 126 g/mol. The molecule has 0 atom stereocenters. The summed E-state index contributed by atoms with van der Waals surface area (Å²) in [6.07, 6.45) is 4.95. The smallest absolute Gasteiger partial charge is 0.271 e. The molecule has 2 heteroatoms. The van der Waals surface area contributed by atoms with E-state index in [0.29, 0.717) is 19.2 Å². The van der Waals surface area contributed by atoms with Gasteiger partial charge in [-0.2, -0.15) is 0 Å². The fraction of sp³-hybridized carbons (Fsp3) is 0.429. The van der Waals surface area contributed by atoms with Crippen molar-refractivity contribution >= 4 is 0 Å². The lowest BCUT2D eigenvalue weighted by Crippen LogP contribution is -2.00. The highest BCUT2D eigenvalue weighted by molar-refractivity contribution is 4.85. The van der Waals surface area contributed by atoms with Gasteiger partial charge in [0.2, 0.25) is 0 Å². The molecular formula is C7H10O2. The zero-order valence-corrected chi connectivity index (χ0v) is 5.30. The molecule has 9 heavy (non-hydrogen) atoms. The molecular weight excluding hydrogens is 116 g/mol. The van der Waals surface area contributed by atoms with Crippen molar-refractivity contribution in [1.29, 1.82) is 0 Å². The van der Waals surface area contributed by atoms with Gasteiger partial charge in [-0.25, -0.2) is 0 Å². The molecule has 0 aliphatic carbocycles. The first-order valence-electron chi connectivity index (χ1n) is 2.99. The Morgan fingerprint density at radius 3 is 3.11 bits per heavy atom. The molecule has 0 amide bonds. The zero-order valence-electron chi connectivity index (χ0n) is 5.30. The third-order valence-electron chi connectivity index (χ3n) is 1.05. The maximum atomic E-state index is 5.01. The van der Waals surface area contributed by atoms with Gasteiger partial charge in [-0.1, -0.05) is 12.2 Å². The van der Waals surface area contributed by atoms with E-state index >= 15 is 0 Å². The third kappa shape index (κ3) is 2.22. The Morgan fingerprint density at radius 1 is 1.33 bits per heavy atom. The average Bonchev–Trinajstić information content (AvgIpc) is 1.79. The van der Waals surface area contributed by atoms with Crippen LogP contribution in [0.25, 0.3) is 0 Å². The van der Waals surface area contributed by atoms with E-state index in [9.17, 15) is 0 Å². The van der Waals surface area contributed by atoms with Gasteiger partial charge in [-0.3, -0.25) is 0 Å². The predicted octanol–water partition coefficient (Wildman–Crippen LogP) is 1.45. The molecule has 0 bridgehead atoms. The Bertz CT molecular complexity index is 127. The van der Waals surface area contributed by atoms with Crippen LogP contribution in [0.1, 0.15) is 6.42 Å². The summed E-state index contributed by atoms with van der Waals surface area (Å²) in [6.45, 7) is 4.80. The van der Waals surface area contributed by atoms with E-state index < -0.39 is 0 Å². The van der Waals surface area contributed by atoms with Gasteiger partial charge in [0.1, 0.15) is 6.61 Å². The lowest BCUT2D eigenvalue weighted by atomic mass is 10.4. The van der Waals surface area contributed by atoms with Crippen LogP contribution in [0.5, 0.6) is 0 Å². The number of rotatable bonds is 0. The van der Waals surface area contributed by atoms with E-state index in [1.165, 1.54) is 0 Å².